The Balaban J connectivity index is 1.34. The highest BCUT2D eigenvalue weighted by Gasteiger charge is 2.77. The summed E-state index contributed by atoms with van der Waals surface area (Å²) in [6, 6.07) is 10.8. The predicted molar refractivity (Wildman–Crippen MR) is 206 cm³/mol. The smallest absolute Gasteiger partial charge is 0.322 e. The standard InChI is InChI=1S/C42H54N6O7/c1-5-38(52)20-24-21-41(37(51)55-4,32-26(12-16-47(22-24)23-38)25-10-7-8-11-29(25)44-32)28-18-27-30(19-31(28)54-3)45-33-40(27)14-17-48-15-9-13-39(6-2,34(40)48)35(49)42(33,53)36(50)46-43/h7-11,13,18-19,24,33-35,44-45,49,52-53H,5-6,12,14-17,20-23,43H2,1-4H3,(H,46,50). The van der Waals surface area contributed by atoms with Crippen molar-refractivity contribution in [2.45, 2.75) is 92.6 Å². The molecule has 1 amide bonds. The molecule has 2 bridgehead atoms. The summed E-state index contributed by atoms with van der Waals surface area (Å²) < 4.78 is 12.2. The summed E-state index contributed by atoms with van der Waals surface area (Å²) in [6.45, 7) is 7.34. The number of nitrogens with zero attached hydrogens (tertiary/aromatic N) is 2. The third kappa shape index (κ3) is 4.62. The number of amides is 1. The van der Waals surface area contributed by atoms with Gasteiger partial charge in [-0.05, 0) is 74.2 Å². The van der Waals surface area contributed by atoms with E-state index in [4.69, 9.17) is 15.3 Å². The third-order valence-corrected chi connectivity index (χ3v) is 14.9. The van der Waals surface area contributed by atoms with Crippen LogP contribution in [0.5, 0.6) is 5.75 Å². The molecule has 6 heterocycles. The lowest BCUT2D eigenvalue weighted by molar-refractivity contribution is -0.200. The average Bonchev–Trinajstić information content (AvgIpc) is 3.89. The van der Waals surface area contributed by atoms with E-state index in [-0.39, 0.29) is 12.0 Å². The number of methoxy groups -OCH3 is 2. The fourth-order valence-corrected chi connectivity index (χ4v) is 12.7. The van der Waals surface area contributed by atoms with E-state index >= 15 is 4.79 Å². The van der Waals surface area contributed by atoms with Crippen molar-refractivity contribution in [1.82, 2.24) is 20.2 Å². The zero-order chi connectivity index (χ0) is 38.7. The lowest BCUT2D eigenvalue weighted by atomic mass is 9.47. The number of piperidine rings is 1. The zero-order valence-electron chi connectivity index (χ0n) is 32.2. The number of anilines is 1. The second kappa shape index (κ2) is 12.5. The van der Waals surface area contributed by atoms with Gasteiger partial charge in [0.25, 0.3) is 5.91 Å². The molecule has 10 unspecified atom stereocenters. The molecule has 1 aromatic heterocycles. The SMILES string of the molecule is CCC1(O)CC2CN(CCc3c([nH]c4ccccc34)C(C(=O)OC)(c3cc4c(cc3OC)NC3C(O)(C(=O)NN)C(O)C5(CC)C=CCN6CCC43C65)C2)C1. The Labute approximate surface area is 321 Å². The Bertz CT molecular complexity index is 2100. The number of benzene rings is 2. The number of para-hydroxylation sites is 1. The first kappa shape index (κ1) is 36.6. The molecule has 2 aromatic carbocycles. The Morgan fingerprint density at radius 3 is 2.60 bits per heavy atom. The van der Waals surface area contributed by atoms with Crippen LogP contribution in [0.3, 0.4) is 0 Å². The van der Waals surface area contributed by atoms with Crippen LogP contribution in [0.1, 0.15) is 68.3 Å². The summed E-state index contributed by atoms with van der Waals surface area (Å²) in [5.41, 5.74) is 0.490. The highest BCUT2D eigenvalue weighted by atomic mass is 16.5. The number of aliphatic hydroxyl groups is 3. The fraction of sp³-hybridized carbons (Fsp3) is 0.571. The van der Waals surface area contributed by atoms with E-state index in [1.54, 1.807) is 7.11 Å². The molecule has 13 nitrogen and oxygen atoms in total. The van der Waals surface area contributed by atoms with E-state index in [0.29, 0.717) is 81.7 Å². The number of carbonyl (C=O) groups is 2. The Kier molecular flexibility index (Phi) is 8.34. The van der Waals surface area contributed by atoms with Gasteiger partial charge < -0.3 is 35.1 Å². The second-order valence-corrected chi connectivity index (χ2v) is 17.2. The molecule has 13 heteroatoms. The van der Waals surface area contributed by atoms with Crippen molar-refractivity contribution >= 4 is 28.5 Å². The van der Waals surface area contributed by atoms with Crippen LogP contribution in [-0.2, 0) is 31.6 Å². The minimum atomic E-state index is -2.32. The molecule has 3 aromatic rings. The van der Waals surface area contributed by atoms with Gasteiger partial charge in [0.2, 0.25) is 0 Å². The van der Waals surface area contributed by atoms with Crippen molar-refractivity contribution in [2.24, 2.45) is 17.2 Å². The van der Waals surface area contributed by atoms with Crippen LogP contribution in [0.2, 0.25) is 0 Å². The maximum absolute atomic E-state index is 15.2. The lowest BCUT2D eigenvalue weighted by Gasteiger charge is -2.62. The van der Waals surface area contributed by atoms with Crippen molar-refractivity contribution in [3.8, 4) is 5.75 Å². The van der Waals surface area contributed by atoms with Crippen LogP contribution in [0.25, 0.3) is 10.9 Å². The van der Waals surface area contributed by atoms with Gasteiger partial charge in [-0.3, -0.25) is 24.8 Å². The highest BCUT2D eigenvalue weighted by Crippen LogP contribution is 2.66. The van der Waals surface area contributed by atoms with Crippen LogP contribution in [0, 0.1) is 11.3 Å². The number of H-pyrrole nitrogens is 1. The topological polar surface area (TPSA) is 186 Å². The van der Waals surface area contributed by atoms with Gasteiger partial charge >= 0.3 is 5.97 Å². The predicted octanol–water partition coefficient (Wildman–Crippen LogP) is 2.21. The number of hydrazine groups is 1. The number of ether oxygens (including phenoxy) is 2. The minimum Gasteiger partial charge on any atom is -0.496 e. The van der Waals surface area contributed by atoms with E-state index in [2.05, 4.69) is 37.7 Å². The van der Waals surface area contributed by atoms with E-state index in [1.165, 1.54) is 7.11 Å². The van der Waals surface area contributed by atoms with Crippen molar-refractivity contribution in [2.75, 3.05) is 52.3 Å². The molecule has 8 N–H and O–H groups in total. The van der Waals surface area contributed by atoms with Gasteiger partial charge in [-0.15, -0.1) is 0 Å². The van der Waals surface area contributed by atoms with Gasteiger partial charge in [0.05, 0.1) is 25.9 Å². The van der Waals surface area contributed by atoms with E-state index < -0.39 is 51.5 Å². The molecular weight excluding hydrogens is 700 g/mol. The highest BCUT2D eigenvalue weighted by molar-refractivity contribution is 5.95. The molecular formula is C42H54N6O7. The number of fused-ring (bicyclic) bond motifs is 6. The number of hydrogen-bond donors (Lipinski definition) is 7. The van der Waals surface area contributed by atoms with Crippen molar-refractivity contribution < 1.29 is 34.4 Å². The molecule has 9 rings (SSSR count). The van der Waals surface area contributed by atoms with Crippen LogP contribution in [0.4, 0.5) is 5.69 Å². The normalized spacial score (nSPS) is 38.7. The van der Waals surface area contributed by atoms with Gasteiger partial charge in [-0.1, -0.05) is 44.2 Å². The molecule has 1 saturated carbocycles. The molecule has 2 saturated heterocycles. The summed E-state index contributed by atoms with van der Waals surface area (Å²) in [4.78, 5) is 37.5. The van der Waals surface area contributed by atoms with Crippen LogP contribution >= 0.6 is 0 Å². The number of aromatic amines is 1. The first-order valence-corrected chi connectivity index (χ1v) is 19.9. The molecule has 10 atom stereocenters. The molecule has 294 valence electrons. The first-order chi connectivity index (χ1) is 26.4. The molecule has 3 fully saturated rings. The molecule has 0 radical (unpaired) electrons. The van der Waals surface area contributed by atoms with Crippen LogP contribution in [-0.4, -0.2) is 118 Å². The number of aromatic nitrogens is 1. The van der Waals surface area contributed by atoms with Gasteiger partial charge in [0.1, 0.15) is 17.3 Å². The van der Waals surface area contributed by atoms with Crippen molar-refractivity contribution in [3.63, 3.8) is 0 Å². The van der Waals surface area contributed by atoms with E-state index in [9.17, 15) is 20.1 Å². The summed E-state index contributed by atoms with van der Waals surface area (Å²) >= 11 is 0. The first-order valence-electron chi connectivity index (χ1n) is 19.9. The fourth-order valence-electron chi connectivity index (χ4n) is 12.7. The van der Waals surface area contributed by atoms with Crippen LogP contribution < -0.4 is 21.3 Å². The zero-order valence-corrected chi connectivity index (χ0v) is 32.2. The van der Waals surface area contributed by atoms with Gasteiger partial charge in [0, 0.05) is 77.0 Å². The maximum atomic E-state index is 15.2. The number of aliphatic hydroxyl groups excluding tert-OH is 1. The number of carbonyl (C=O) groups excluding carboxylic acids is 2. The third-order valence-electron chi connectivity index (χ3n) is 14.9. The van der Waals surface area contributed by atoms with Gasteiger partial charge in [-0.25, -0.2) is 5.84 Å². The Morgan fingerprint density at radius 2 is 1.87 bits per heavy atom. The van der Waals surface area contributed by atoms with Crippen molar-refractivity contribution in [1.29, 1.82) is 0 Å². The molecule has 6 aliphatic rings. The minimum absolute atomic E-state index is 0.0847. The van der Waals surface area contributed by atoms with E-state index in [0.717, 1.165) is 34.3 Å². The quantitative estimate of drug-likeness (QED) is 0.0644. The monoisotopic (exact) mass is 754 g/mol. The lowest BCUT2D eigenvalue weighted by Crippen LogP contribution is -2.81. The maximum Gasteiger partial charge on any atom is 0.322 e. The van der Waals surface area contributed by atoms with Gasteiger partial charge in [0.15, 0.2) is 5.60 Å². The van der Waals surface area contributed by atoms with E-state index in [1.807, 2.05) is 50.3 Å². The summed E-state index contributed by atoms with van der Waals surface area (Å²) in [6.07, 6.45) is 5.68. The summed E-state index contributed by atoms with van der Waals surface area (Å²) in [5.74, 6) is 4.84. The second-order valence-electron chi connectivity index (χ2n) is 17.2. The van der Waals surface area contributed by atoms with Crippen LogP contribution in [0.15, 0.2) is 48.6 Å². The van der Waals surface area contributed by atoms with Crippen molar-refractivity contribution in [3.05, 3.63) is 70.9 Å². The summed E-state index contributed by atoms with van der Waals surface area (Å²) in [7, 11) is 3.01. The molecule has 1 spiro atoms. The number of nitrogens with two attached hydrogens (primary N) is 1. The Hall–Kier alpha value is -3.98. The number of hydrogen-bond acceptors (Lipinski definition) is 11. The molecule has 1 aliphatic carbocycles. The molecule has 55 heavy (non-hydrogen) atoms. The average molecular weight is 755 g/mol. The number of nitrogens with one attached hydrogen (secondary N) is 3. The Morgan fingerprint density at radius 1 is 1.07 bits per heavy atom. The summed E-state index contributed by atoms with van der Waals surface area (Å²) in [5, 5.41) is 41.4. The molecule has 5 aliphatic heterocycles. The number of rotatable bonds is 6. The largest absolute Gasteiger partial charge is 0.496 e. The van der Waals surface area contributed by atoms with Gasteiger partial charge in [-0.2, -0.15) is 0 Å². The number of esters is 1.